The Hall–Kier alpha value is -3.89. The molecule has 0 saturated heterocycles. The number of fused-ring (bicyclic) bond motifs is 3. The monoisotopic (exact) mass is 632 g/mol. The second-order valence-corrected chi connectivity index (χ2v) is 10.2. The van der Waals surface area contributed by atoms with Crippen LogP contribution in [0, 0.1) is 6.92 Å². The number of benzene rings is 4. The van der Waals surface area contributed by atoms with Gasteiger partial charge in [-0.05, 0) is 61.4 Å². The van der Waals surface area contributed by atoms with Gasteiger partial charge in [0, 0.05) is 28.4 Å². The Morgan fingerprint density at radius 1 is 0.933 bits per heavy atom. The van der Waals surface area contributed by atoms with Crippen molar-refractivity contribution < 1.29 is 58.1 Å². The zero-order valence-electron chi connectivity index (χ0n) is 25.7. The molecule has 1 atom stereocenters. The summed E-state index contributed by atoms with van der Waals surface area (Å²) in [7, 11) is 1.62. The Balaban J connectivity index is 0.00000230. The summed E-state index contributed by atoms with van der Waals surface area (Å²) in [5, 5.41) is 13.4. The maximum absolute atomic E-state index is 11.6. The third kappa shape index (κ3) is 7.02. The molecule has 6 rings (SSSR count). The number of carboxylic acid groups (broad SMARTS) is 1. The van der Waals surface area contributed by atoms with E-state index < -0.39 is 12.1 Å². The molecule has 0 fully saturated rings. The molecule has 226 valence electrons. The van der Waals surface area contributed by atoms with E-state index in [2.05, 4.69) is 9.55 Å². The van der Waals surface area contributed by atoms with Crippen LogP contribution in [0.1, 0.15) is 30.4 Å². The van der Waals surface area contributed by atoms with Crippen LogP contribution in [0.25, 0.3) is 33.3 Å². The Labute approximate surface area is 290 Å². The van der Waals surface area contributed by atoms with E-state index in [-0.39, 0.29) is 49.7 Å². The molecule has 0 bridgehead atoms. The van der Waals surface area contributed by atoms with Crippen LogP contribution in [0.5, 0.6) is 17.2 Å². The first-order valence-electron chi connectivity index (χ1n) is 14.2. The van der Waals surface area contributed by atoms with Gasteiger partial charge in [-0.3, -0.25) is 0 Å². The van der Waals surface area contributed by atoms with E-state index in [0.717, 1.165) is 38.6 Å². The van der Waals surface area contributed by atoms with Gasteiger partial charge in [-0.2, -0.15) is 13.5 Å². The third-order valence-electron chi connectivity index (χ3n) is 7.51. The predicted molar refractivity (Wildman–Crippen MR) is 173 cm³/mol. The first kappa shape index (κ1) is 34.0. The molecule has 0 saturated carbocycles. The molecule has 45 heavy (non-hydrogen) atoms. The number of ether oxygens (including phenoxy) is 3. The minimum Gasteiger partial charge on any atom is -0.546 e. The number of aromatic nitrogens is 2. The molecule has 2 aromatic heterocycles. The number of para-hydroxylation sites is 1. The number of carboxylic acids is 1. The van der Waals surface area contributed by atoms with E-state index in [1.807, 2.05) is 91.9 Å². The minimum absolute atomic E-state index is 0. The molecule has 2 heterocycles. The van der Waals surface area contributed by atoms with Gasteiger partial charge in [-0.1, -0.05) is 55.5 Å². The van der Waals surface area contributed by atoms with Crippen LogP contribution in [0.2, 0.25) is 0 Å². The average Bonchev–Trinajstić information content (AvgIpc) is 3.57. The Bertz CT molecular complexity index is 1920. The zero-order chi connectivity index (χ0) is 29.9. The summed E-state index contributed by atoms with van der Waals surface area (Å²) in [6.07, 6.45) is -0.730. The van der Waals surface area contributed by atoms with E-state index in [9.17, 15) is 9.90 Å². The Morgan fingerprint density at radius 2 is 1.67 bits per heavy atom. The fourth-order valence-corrected chi connectivity index (χ4v) is 5.31. The standard InChI is InChI=1S/C35H32N2O6.Na.H2S/c1-4-29(35(38)39)43-31-16-10-15-28-33(31)25-13-8-9-14-27(25)37(28)20-23-17-18-30(32(19-23)40-3)41-21-26-22(2)42-34(36-26)24-11-6-5-7-12-24;;/h5-19,29H,4,20-21H2,1-3H3,(H,38,39);;1H2/q;+1;/p-1/t29-;;/m0../s1. The van der Waals surface area contributed by atoms with Crippen molar-refractivity contribution in [1.82, 2.24) is 9.55 Å². The molecular formula is C35H33N2NaO6S. The molecule has 0 aliphatic rings. The van der Waals surface area contributed by atoms with Crippen molar-refractivity contribution in [2.24, 2.45) is 0 Å². The van der Waals surface area contributed by atoms with Gasteiger partial charge in [-0.15, -0.1) is 0 Å². The second kappa shape index (κ2) is 14.9. The number of rotatable bonds is 11. The summed E-state index contributed by atoms with van der Waals surface area (Å²) in [6, 6.07) is 29.3. The fraction of sp³-hybridized carbons (Fsp3) is 0.200. The molecule has 8 nitrogen and oxygen atoms in total. The van der Waals surface area contributed by atoms with Crippen LogP contribution in [-0.2, 0) is 17.9 Å². The van der Waals surface area contributed by atoms with Gasteiger partial charge < -0.3 is 33.1 Å². The van der Waals surface area contributed by atoms with Crippen LogP contribution in [0.3, 0.4) is 0 Å². The predicted octanol–water partition coefficient (Wildman–Crippen LogP) is 3.42. The number of carbonyl (C=O) groups excluding carboxylic acids is 1. The van der Waals surface area contributed by atoms with E-state index in [1.165, 1.54) is 0 Å². The molecule has 0 N–H and O–H groups in total. The molecule has 0 aliphatic heterocycles. The Morgan fingerprint density at radius 3 is 2.40 bits per heavy atom. The molecular weight excluding hydrogens is 599 g/mol. The average molecular weight is 633 g/mol. The quantitative estimate of drug-likeness (QED) is 0.202. The van der Waals surface area contributed by atoms with Crippen molar-refractivity contribution in [3.63, 3.8) is 0 Å². The minimum atomic E-state index is -1.23. The van der Waals surface area contributed by atoms with Crippen molar-refractivity contribution in [1.29, 1.82) is 0 Å². The van der Waals surface area contributed by atoms with Crippen molar-refractivity contribution in [2.75, 3.05) is 7.11 Å². The smallest absolute Gasteiger partial charge is 0.546 e. The molecule has 0 amide bonds. The fourth-order valence-electron chi connectivity index (χ4n) is 5.31. The van der Waals surface area contributed by atoms with E-state index in [1.54, 1.807) is 20.1 Å². The van der Waals surface area contributed by atoms with Crippen LogP contribution in [0.15, 0.2) is 95.4 Å². The van der Waals surface area contributed by atoms with Gasteiger partial charge in [0.05, 0.1) is 18.6 Å². The van der Waals surface area contributed by atoms with E-state index >= 15 is 0 Å². The van der Waals surface area contributed by atoms with Crippen LogP contribution >= 0.6 is 13.5 Å². The summed E-state index contributed by atoms with van der Waals surface area (Å²) >= 11 is 0. The first-order chi connectivity index (χ1) is 21.0. The van der Waals surface area contributed by atoms with Crippen molar-refractivity contribution in [2.45, 2.75) is 39.5 Å². The molecule has 10 heteroatoms. The van der Waals surface area contributed by atoms with Gasteiger partial charge in [0.1, 0.15) is 29.9 Å². The van der Waals surface area contributed by atoms with Gasteiger partial charge >= 0.3 is 29.6 Å². The number of nitrogens with zero attached hydrogens (tertiary/aromatic N) is 2. The SMILES string of the molecule is CC[C@H](Oc1cccc2c1c1ccccc1n2Cc1ccc(OCc2nc(-c3ccccc3)oc2C)c(OC)c1)C(=O)[O-].S.[Na+]. The van der Waals surface area contributed by atoms with Crippen LogP contribution in [-0.4, -0.2) is 28.7 Å². The molecule has 0 radical (unpaired) electrons. The molecule has 0 unspecified atom stereocenters. The molecule has 6 aromatic rings. The van der Waals surface area contributed by atoms with Gasteiger partial charge in [-0.25, -0.2) is 4.98 Å². The maximum atomic E-state index is 11.6. The normalized spacial score (nSPS) is 11.4. The molecule has 0 aliphatic carbocycles. The van der Waals surface area contributed by atoms with Crippen molar-refractivity contribution in [3.8, 4) is 28.7 Å². The van der Waals surface area contributed by atoms with Crippen LogP contribution in [0.4, 0.5) is 0 Å². The number of carbonyl (C=O) groups is 1. The van der Waals surface area contributed by atoms with Crippen molar-refractivity contribution >= 4 is 41.3 Å². The van der Waals surface area contributed by atoms with Gasteiger partial charge in [0.25, 0.3) is 0 Å². The van der Waals surface area contributed by atoms with Gasteiger partial charge in [0.15, 0.2) is 11.5 Å². The molecule has 4 aromatic carbocycles. The number of methoxy groups -OCH3 is 1. The maximum Gasteiger partial charge on any atom is 1.00 e. The van der Waals surface area contributed by atoms with Gasteiger partial charge in [0.2, 0.25) is 5.89 Å². The first-order valence-corrected chi connectivity index (χ1v) is 14.2. The number of oxazole rings is 1. The number of hydrogen-bond acceptors (Lipinski definition) is 7. The topological polar surface area (TPSA) is 98.8 Å². The summed E-state index contributed by atoms with van der Waals surface area (Å²) < 4.78 is 25.8. The van der Waals surface area contributed by atoms with Crippen LogP contribution < -0.4 is 48.9 Å². The number of aryl methyl sites for hydroxylation is 1. The van der Waals surface area contributed by atoms with E-state index in [0.29, 0.717) is 41.9 Å². The largest absolute Gasteiger partial charge is 1.00 e. The summed E-state index contributed by atoms with van der Waals surface area (Å²) in [5.74, 6) is 1.75. The number of aliphatic carboxylic acids is 1. The zero-order valence-corrected chi connectivity index (χ0v) is 28.7. The van der Waals surface area contributed by atoms with Crippen molar-refractivity contribution in [3.05, 3.63) is 108 Å². The summed E-state index contributed by atoms with van der Waals surface area (Å²) in [5.41, 5.74) is 4.57. The summed E-state index contributed by atoms with van der Waals surface area (Å²) in [4.78, 5) is 16.2. The molecule has 0 spiro atoms. The third-order valence-corrected chi connectivity index (χ3v) is 7.51. The number of hydrogen-bond donors (Lipinski definition) is 0. The Kier molecular flexibility index (Phi) is 11.3. The second-order valence-electron chi connectivity index (χ2n) is 10.2. The van der Waals surface area contributed by atoms with E-state index in [4.69, 9.17) is 18.6 Å². The summed E-state index contributed by atoms with van der Waals surface area (Å²) in [6.45, 7) is 4.42.